The molecule has 1 aromatic heterocycles. The van der Waals surface area contributed by atoms with Crippen molar-refractivity contribution in [3.05, 3.63) is 35.0 Å². The summed E-state index contributed by atoms with van der Waals surface area (Å²) in [6.07, 6.45) is 3.17. The van der Waals surface area contributed by atoms with Gasteiger partial charge in [0.15, 0.2) is 11.6 Å². The maximum absolute atomic E-state index is 14.0. The minimum atomic E-state index is -0.674. The highest BCUT2D eigenvalue weighted by atomic mass is 32.1. The van der Waals surface area contributed by atoms with E-state index in [9.17, 15) is 8.78 Å². The Morgan fingerprint density at radius 1 is 1.50 bits per heavy atom. The normalized spacial score (nSPS) is 12.6. The molecule has 6 heteroatoms. The highest BCUT2D eigenvalue weighted by Gasteiger charge is 2.15. The van der Waals surface area contributed by atoms with Gasteiger partial charge < -0.3 is 5.32 Å². The van der Waals surface area contributed by atoms with Crippen LogP contribution in [0, 0.1) is 11.6 Å². The van der Waals surface area contributed by atoms with Gasteiger partial charge in [0.1, 0.15) is 11.2 Å². The van der Waals surface area contributed by atoms with E-state index in [1.165, 1.54) is 22.9 Å². The molecule has 0 radical (unpaired) electrons. The fourth-order valence-corrected chi connectivity index (χ4v) is 2.17. The van der Waals surface area contributed by atoms with Gasteiger partial charge in [0.2, 0.25) is 0 Å². The first kappa shape index (κ1) is 12.6. The predicted molar refractivity (Wildman–Crippen MR) is 71.3 cm³/mol. The van der Waals surface area contributed by atoms with Crippen LogP contribution in [-0.4, -0.2) is 18.2 Å². The van der Waals surface area contributed by atoms with Crippen LogP contribution >= 0.6 is 11.3 Å². The summed E-state index contributed by atoms with van der Waals surface area (Å²) >= 11 is 1.20. The molecule has 0 fully saturated rings. The van der Waals surface area contributed by atoms with E-state index in [1.54, 1.807) is 26.3 Å². The fraction of sp³-hybridized carbons (Fsp3) is 0.167. The second-order valence-electron chi connectivity index (χ2n) is 3.63. The molecule has 2 rings (SSSR count). The Bertz CT molecular complexity index is 632. The van der Waals surface area contributed by atoms with E-state index in [1.807, 2.05) is 0 Å². The van der Waals surface area contributed by atoms with E-state index in [4.69, 9.17) is 0 Å². The minimum Gasteiger partial charge on any atom is -0.354 e. The van der Waals surface area contributed by atoms with Gasteiger partial charge in [0.25, 0.3) is 0 Å². The van der Waals surface area contributed by atoms with Gasteiger partial charge in [-0.1, -0.05) is 0 Å². The number of hydrogen-bond acceptors (Lipinski definition) is 4. The zero-order chi connectivity index (χ0) is 13.1. The number of rotatable bonds is 3. The van der Waals surface area contributed by atoms with E-state index < -0.39 is 11.6 Å². The zero-order valence-corrected chi connectivity index (χ0v) is 10.7. The molecule has 0 atom stereocenters. The molecule has 0 saturated carbocycles. The molecular formula is C12H11F2N3S. The quantitative estimate of drug-likeness (QED) is 0.863. The summed E-state index contributed by atoms with van der Waals surface area (Å²) in [5.74, 6) is -1.31. The number of hydrogen-bond donors (Lipinski definition) is 1. The molecule has 1 heterocycles. The first-order chi connectivity index (χ1) is 8.63. The molecule has 0 bridgehead atoms. The van der Waals surface area contributed by atoms with E-state index in [2.05, 4.69) is 15.3 Å². The minimum absolute atomic E-state index is 0.181. The van der Waals surface area contributed by atoms with Crippen molar-refractivity contribution in [2.75, 3.05) is 12.4 Å². The summed E-state index contributed by atoms with van der Waals surface area (Å²) < 4.78 is 28.3. The molecule has 0 saturated heterocycles. The maximum Gasteiger partial charge on any atom is 0.176 e. The standard InChI is InChI=1S/C12H11F2N3S/c1-7(3-4-15-2)17-11-8(13)5-9-12(10(11)14)16-6-18-9/h3-6,17H,1-2H3/b7-3+,15-4?. The van der Waals surface area contributed by atoms with Crippen molar-refractivity contribution in [1.29, 1.82) is 0 Å². The number of halogens is 2. The highest BCUT2D eigenvalue weighted by molar-refractivity contribution is 7.16. The second-order valence-corrected chi connectivity index (χ2v) is 4.51. The van der Waals surface area contributed by atoms with E-state index in [-0.39, 0.29) is 11.2 Å². The average molecular weight is 267 g/mol. The number of allylic oxidation sites excluding steroid dienone is 2. The van der Waals surface area contributed by atoms with Crippen LogP contribution in [0.1, 0.15) is 6.92 Å². The number of aromatic nitrogens is 1. The van der Waals surface area contributed by atoms with Crippen LogP contribution in [-0.2, 0) is 0 Å². The van der Waals surface area contributed by atoms with Gasteiger partial charge >= 0.3 is 0 Å². The Kier molecular flexibility index (Phi) is 3.66. The second kappa shape index (κ2) is 5.22. The van der Waals surface area contributed by atoms with Crippen molar-refractivity contribution in [2.45, 2.75) is 6.92 Å². The molecule has 0 amide bonds. The molecule has 2 aromatic rings. The zero-order valence-electron chi connectivity index (χ0n) is 9.87. The number of nitrogens with zero attached hydrogens (tertiary/aromatic N) is 2. The Morgan fingerprint density at radius 2 is 2.28 bits per heavy atom. The monoisotopic (exact) mass is 267 g/mol. The number of aliphatic imine (C=N–C) groups is 1. The Labute approximate surface area is 107 Å². The van der Waals surface area contributed by atoms with E-state index in [0.717, 1.165) is 0 Å². The van der Waals surface area contributed by atoms with Crippen LogP contribution in [0.3, 0.4) is 0 Å². The molecule has 3 nitrogen and oxygen atoms in total. The van der Waals surface area contributed by atoms with Crippen LogP contribution < -0.4 is 5.32 Å². The largest absolute Gasteiger partial charge is 0.354 e. The van der Waals surface area contributed by atoms with Crippen LogP contribution in [0.5, 0.6) is 0 Å². The van der Waals surface area contributed by atoms with Crippen LogP contribution in [0.4, 0.5) is 14.5 Å². The lowest BCUT2D eigenvalue weighted by Gasteiger charge is -2.08. The van der Waals surface area contributed by atoms with Crippen molar-refractivity contribution in [2.24, 2.45) is 4.99 Å². The lowest BCUT2D eigenvalue weighted by Crippen LogP contribution is -2.02. The van der Waals surface area contributed by atoms with Crippen molar-refractivity contribution in [3.8, 4) is 0 Å². The number of anilines is 1. The summed E-state index contributed by atoms with van der Waals surface area (Å²) in [7, 11) is 1.62. The summed E-state index contributed by atoms with van der Waals surface area (Å²) in [6.45, 7) is 1.70. The smallest absolute Gasteiger partial charge is 0.176 e. The third kappa shape index (κ3) is 2.38. The molecule has 1 aromatic carbocycles. The number of fused-ring (bicyclic) bond motifs is 1. The summed E-state index contributed by atoms with van der Waals surface area (Å²) in [4.78, 5) is 7.64. The van der Waals surface area contributed by atoms with E-state index >= 15 is 0 Å². The summed E-state index contributed by atoms with van der Waals surface area (Å²) in [5, 5.41) is 2.68. The van der Waals surface area contributed by atoms with Gasteiger partial charge in [-0.25, -0.2) is 13.8 Å². The van der Waals surface area contributed by atoms with Gasteiger partial charge in [0, 0.05) is 19.0 Å². The number of benzene rings is 1. The molecular weight excluding hydrogens is 256 g/mol. The van der Waals surface area contributed by atoms with Gasteiger partial charge in [-0.2, -0.15) is 0 Å². The molecule has 0 aliphatic rings. The van der Waals surface area contributed by atoms with E-state index in [0.29, 0.717) is 10.4 Å². The molecule has 0 unspecified atom stereocenters. The van der Waals surface area contributed by atoms with Crippen molar-refractivity contribution >= 4 is 33.5 Å². The summed E-state index contributed by atoms with van der Waals surface area (Å²) in [5.41, 5.74) is 2.07. The predicted octanol–water partition coefficient (Wildman–Crippen LogP) is 3.59. The molecule has 0 aliphatic carbocycles. The lowest BCUT2D eigenvalue weighted by atomic mass is 10.2. The van der Waals surface area contributed by atoms with Crippen LogP contribution in [0.15, 0.2) is 28.3 Å². The molecule has 0 spiro atoms. The molecule has 1 N–H and O–H groups in total. The molecule has 18 heavy (non-hydrogen) atoms. The lowest BCUT2D eigenvalue weighted by molar-refractivity contribution is 0.597. The highest BCUT2D eigenvalue weighted by Crippen LogP contribution is 2.29. The van der Waals surface area contributed by atoms with Crippen molar-refractivity contribution in [3.63, 3.8) is 0 Å². The first-order valence-corrected chi connectivity index (χ1v) is 6.08. The SMILES string of the molecule is CN=C/C=C(\C)Nc1c(F)cc2scnc2c1F. The average Bonchev–Trinajstić information content (AvgIpc) is 2.80. The van der Waals surface area contributed by atoms with Gasteiger partial charge in [-0.05, 0) is 19.1 Å². The van der Waals surface area contributed by atoms with Crippen molar-refractivity contribution in [1.82, 2.24) is 4.98 Å². The van der Waals surface area contributed by atoms with Gasteiger partial charge in [0.05, 0.1) is 10.2 Å². The number of thiazole rings is 1. The topological polar surface area (TPSA) is 37.3 Å². The Balaban J connectivity index is 2.44. The van der Waals surface area contributed by atoms with Gasteiger partial charge in [-0.3, -0.25) is 4.99 Å². The molecule has 0 aliphatic heterocycles. The molecule has 94 valence electrons. The Hall–Kier alpha value is -1.82. The third-order valence-electron chi connectivity index (χ3n) is 2.31. The van der Waals surface area contributed by atoms with Crippen molar-refractivity contribution < 1.29 is 8.78 Å². The number of nitrogens with one attached hydrogen (secondary N) is 1. The Morgan fingerprint density at radius 3 is 3.00 bits per heavy atom. The van der Waals surface area contributed by atoms with Crippen LogP contribution in [0.25, 0.3) is 10.2 Å². The summed E-state index contributed by atoms with van der Waals surface area (Å²) in [6, 6.07) is 1.28. The third-order valence-corrected chi connectivity index (χ3v) is 3.09. The van der Waals surface area contributed by atoms with Crippen LogP contribution in [0.2, 0.25) is 0 Å². The first-order valence-electron chi connectivity index (χ1n) is 5.20. The van der Waals surface area contributed by atoms with Gasteiger partial charge in [-0.15, -0.1) is 11.3 Å². The fourth-order valence-electron chi connectivity index (χ4n) is 1.47. The maximum atomic E-state index is 14.0.